The highest BCUT2D eigenvalue weighted by Gasteiger charge is 2.29. The van der Waals surface area contributed by atoms with Crippen molar-refractivity contribution < 1.29 is 19.1 Å². The van der Waals surface area contributed by atoms with Crippen LogP contribution in [0.25, 0.3) is 0 Å². The summed E-state index contributed by atoms with van der Waals surface area (Å²) in [6.07, 6.45) is -1.63. The fraction of sp³-hybridized carbons (Fsp3) is 0.391. The van der Waals surface area contributed by atoms with E-state index in [4.69, 9.17) is 9.47 Å². The number of carbonyl (C=O) groups excluding carboxylic acids is 2. The fourth-order valence-corrected chi connectivity index (χ4v) is 3.34. The molecular weight excluding hydrogens is 368 g/mol. The van der Waals surface area contributed by atoms with Gasteiger partial charge in [0.25, 0.3) is 5.91 Å². The van der Waals surface area contributed by atoms with Gasteiger partial charge in [0, 0.05) is 31.9 Å². The molecule has 3 rings (SSSR count). The molecule has 6 nitrogen and oxygen atoms in total. The van der Waals surface area contributed by atoms with E-state index in [2.05, 4.69) is 17.0 Å². The predicted octanol–water partition coefficient (Wildman–Crippen LogP) is 3.04. The molecule has 1 fully saturated rings. The number of amides is 1. The summed E-state index contributed by atoms with van der Waals surface area (Å²) in [6, 6.07) is 17.6. The highest BCUT2D eigenvalue weighted by molar-refractivity contribution is 5.84. The summed E-state index contributed by atoms with van der Waals surface area (Å²) < 4.78 is 11.0. The number of esters is 1. The molecule has 29 heavy (non-hydrogen) atoms. The minimum absolute atomic E-state index is 0.172. The summed E-state index contributed by atoms with van der Waals surface area (Å²) in [5.41, 5.74) is 2.20. The number of para-hydroxylation sites is 1. The van der Waals surface area contributed by atoms with Crippen LogP contribution in [-0.4, -0.2) is 55.2 Å². The number of ether oxygens (including phenoxy) is 2. The van der Waals surface area contributed by atoms with Gasteiger partial charge in [-0.15, -0.1) is 0 Å². The first kappa shape index (κ1) is 20.7. The van der Waals surface area contributed by atoms with Gasteiger partial charge in [0.2, 0.25) is 0 Å². The molecule has 1 heterocycles. The van der Waals surface area contributed by atoms with Crippen LogP contribution < -0.4 is 9.64 Å². The maximum Gasteiger partial charge on any atom is 0.347 e. The number of anilines is 1. The average molecular weight is 396 g/mol. The maximum atomic E-state index is 12.7. The Morgan fingerprint density at radius 3 is 2.24 bits per heavy atom. The largest absolute Gasteiger partial charge is 0.479 e. The van der Waals surface area contributed by atoms with Gasteiger partial charge in [0.1, 0.15) is 5.75 Å². The number of piperazine rings is 1. The van der Waals surface area contributed by atoms with Crippen LogP contribution in [0.1, 0.15) is 19.4 Å². The summed E-state index contributed by atoms with van der Waals surface area (Å²) in [5, 5.41) is 0. The first-order valence-corrected chi connectivity index (χ1v) is 9.96. The molecule has 1 saturated heterocycles. The van der Waals surface area contributed by atoms with Crippen LogP contribution >= 0.6 is 0 Å². The van der Waals surface area contributed by atoms with Crippen LogP contribution in [-0.2, 0) is 14.3 Å². The van der Waals surface area contributed by atoms with Crippen LogP contribution in [0.5, 0.6) is 5.75 Å². The summed E-state index contributed by atoms with van der Waals surface area (Å²) in [7, 11) is 0. The number of carbonyl (C=O) groups is 2. The molecular formula is C23H28N2O4. The molecule has 0 N–H and O–H groups in total. The van der Waals surface area contributed by atoms with Crippen LogP contribution in [0.4, 0.5) is 5.69 Å². The molecule has 0 spiro atoms. The lowest BCUT2D eigenvalue weighted by atomic mass is 10.2. The molecule has 1 amide bonds. The van der Waals surface area contributed by atoms with E-state index in [0.29, 0.717) is 18.8 Å². The van der Waals surface area contributed by atoms with E-state index in [1.165, 1.54) is 0 Å². The Balaban J connectivity index is 1.48. The Hall–Kier alpha value is -3.02. The zero-order chi connectivity index (χ0) is 20.8. The van der Waals surface area contributed by atoms with Crippen molar-refractivity contribution in [3.8, 4) is 5.75 Å². The van der Waals surface area contributed by atoms with Gasteiger partial charge in [-0.3, -0.25) is 4.79 Å². The molecule has 0 bridgehead atoms. The van der Waals surface area contributed by atoms with E-state index in [0.717, 1.165) is 24.3 Å². The standard InChI is InChI=1S/C23H28N2O4/c1-17-8-7-11-21(16-17)28-19(3)23(27)29-18(2)22(26)25-14-12-24(13-15-25)20-9-5-4-6-10-20/h4-11,16,18-19H,12-15H2,1-3H3/t18-,19-/m0/s1. The van der Waals surface area contributed by atoms with Crippen molar-refractivity contribution in [3.63, 3.8) is 0 Å². The molecule has 6 heteroatoms. The molecule has 154 valence electrons. The van der Waals surface area contributed by atoms with Gasteiger partial charge in [-0.1, -0.05) is 30.3 Å². The number of benzene rings is 2. The van der Waals surface area contributed by atoms with Crippen molar-refractivity contribution in [2.45, 2.75) is 33.0 Å². The molecule has 2 aromatic carbocycles. The van der Waals surface area contributed by atoms with Gasteiger partial charge >= 0.3 is 5.97 Å². The third-order valence-corrected chi connectivity index (χ3v) is 4.99. The van der Waals surface area contributed by atoms with Crippen LogP contribution in [0.3, 0.4) is 0 Å². The summed E-state index contributed by atoms with van der Waals surface area (Å²) >= 11 is 0. The number of nitrogens with zero attached hydrogens (tertiary/aromatic N) is 2. The van der Waals surface area contributed by atoms with Crippen molar-refractivity contribution in [1.29, 1.82) is 0 Å². The molecule has 0 unspecified atom stereocenters. The van der Waals surface area contributed by atoms with E-state index in [1.807, 2.05) is 43.3 Å². The molecule has 2 aromatic rings. The maximum absolute atomic E-state index is 12.7. The summed E-state index contributed by atoms with van der Waals surface area (Å²) in [5.74, 6) is -0.116. The van der Waals surface area contributed by atoms with E-state index < -0.39 is 18.2 Å². The SMILES string of the molecule is Cc1cccc(O[C@@H](C)C(=O)O[C@@H](C)C(=O)N2CCN(c3ccccc3)CC2)c1. The minimum atomic E-state index is -0.839. The molecule has 0 radical (unpaired) electrons. The molecule has 0 aromatic heterocycles. The summed E-state index contributed by atoms with van der Waals surface area (Å²) in [6.45, 7) is 7.90. The third kappa shape index (κ3) is 5.50. The quantitative estimate of drug-likeness (QED) is 0.703. The van der Waals surface area contributed by atoms with Crippen LogP contribution in [0.2, 0.25) is 0 Å². The molecule has 2 atom stereocenters. The zero-order valence-corrected chi connectivity index (χ0v) is 17.2. The van der Waals surface area contributed by atoms with E-state index in [9.17, 15) is 9.59 Å². The lowest BCUT2D eigenvalue weighted by Gasteiger charge is -2.37. The normalized spacial score (nSPS) is 16.1. The lowest BCUT2D eigenvalue weighted by Crippen LogP contribution is -2.52. The van der Waals surface area contributed by atoms with E-state index in [-0.39, 0.29) is 5.91 Å². The van der Waals surface area contributed by atoms with Crippen LogP contribution in [0, 0.1) is 6.92 Å². The Morgan fingerprint density at radius 2 is 1.59 bits per heavy atom. The highest BCUT2D eigenvalue weighted by atomic mass is 16.6. The van der Waals surface area contributed by atoms with E-state index >= 15 is 0 Å². The molecule has 0 aliphatic carbocycles. The average Bonchev–Trinajstić information content (AvgIpc) is 2.74. The molecule has 0 saturated carbocycles. The first-order valence-electron chi connectivity index (χ1n) is 9.96. The Kier molecular flexibility index (Phi) is 6.75. The predicted molar refractivity (Wildman–Crippen MR) is 112 cm³/mol. The second-order valence-electron chi connectivity index (χ2n) is 7.30. The molecule has 1 aliphatic heterocycles. The van der Waals surface area contributed by atoms with Gasteiger partial charge in [0.05, 0.1) is 0 Å². The zero-order valence-electron chi connectivity index (χ0n) is 17.2. The number of hydrogen-bond acceptors (Lipinski definition) is 5. The van der Waals surface area contributed by atoms with Crippen molar-refractivity contribution in [2.24, 2.45) is 0 Å². The number of aryl methyl sites for hydroxylation is 1. The number of hydrogen-bond donors (Lipinski definition) is 0. The van der Waals surface area contributed by atoms with Crippen molar-refractivity contribution >= 4 is 17.6 Å². The van der Waals surface area contributed by atoms with Gasteiger partial charge in [-0.2, -0.15) is 0 Å². The minimum Gasteiger partial charge on any atom is -0.479 e. The lowest BCUT2D eigenvalue weighted by molar-refractivity contribution is -0.164. The highest BCUT2D eigenvalue weighted by Crippen LogP contribution is 2.17. The van der Waals surface area contributed by atoms with E-state index in [1.54, 1.807) is 24.8 Å². The fourth-order valence-electron chi connectivity index (χ4n) is 3.34. The Morgan fingerprint density at radius 1 is 0.897 bits per heavy atom. The van der Waals surface area contributed by atoms with Crippen molar-refractivity contribution in [3.05, 3.63) is 60.2 Å². The van der Waals surface area contributed by atoms with Gasteiger partial charge in [-0.05, 0) is 50.6 Å². The Bertz CT molecular complexity index is 832. The van der Waals surface area contributed by atoms with Gasteiger partial charge in [0.15, 0.2) is 12.2 Å². The first-order chi connectivity index (χ1) is 13.9. The molecule has 1 aliphatic rings. The van der Waals surface area contributed by atoms with Gasteiger partial charge in [-0.25, -0.2) is 4.79 Å². The van der Waals surface area contributed by atoms with Crippen molar-refractivity contribution in [1.82, 2.24) is 4.90 Å². The summed E-state index contributed by atoms with van der Waals surface area (Å²) in [4.78, 5) is 29.0. The third-order valence-electron chi connectivity index (χ3n) is 4.99. The Labute approximate surface area is 172 Å². The topological polar surface area (TPSA) is 59.1 Å². The second kappa shape index (κ2) is 9.45. The van der Waals surface area contributed by atoms with Crippen molar-refractivity contribution in [2.75, 3.05) is 31.1 Å². The van der Waals surface area contributed by atoms with Gasteiger partial charge < -0.3 is 19.3 Å². The monoisotopic (exact) mass is 396 g/mol. The number of rotatable bonds is 6. The van der Waals surface area contributed by atoms with Crippen LogP contribution in [0.15, 0.2) is 54.6 Å². The second-order valence-corrected chi connectivity index (χ2v) is 7.30. The smallest absolute Gasteiger partial charge is 0.347 e.